The summed E-state index contributed by atoms with van der Waals surface area (Å²) in [5.41, 5.74) is 9.72. The van der Waals surface area contributed by atoms with Gasteiger partial charge in [-0.05, 0) is 83.6 Å². The van der Waals surface area contributed by atoms with E-state index in [-0.39, 0.29) is 0 Å². The van der Waals surface area contributed by atoms with Crippen LogP contribution in [0.1, 0.15) is 0 Å². The van der Waals surface area contributed by atoms with Crippen molar-refractivity contribution in [3.05, 3.63) is 188 Å². The van der Waals surface area contributed by atoms with E-state index >= 15 is 0 Å². The first-order valence-electron chi connectivity index (χ1n) is 19.0. The maximum absolute atomic E-state index is 5.04. The quantitative estimate of drug-likeness (QED) is 0.160. The third-order valence-corrected chi connectivity index (χ3v) is 10.3. The summed E-state index contributed by atoms with van der Waals surface area (Å²) in [6.07, 6.45) is 3.67. The van der Waals surface area contributed by atoms with E-state index in [0.717, 1.165) is 72.6 Å². The number of para-hydroxylation sites is 6. The second-order valence-corrected chi connectivity index (χ2v) is 13.9. The van der Waals surface area contributed by atoms with E-state index < -0.39 is 0 Å². The molecule has 0 N–H and O–H groups in total. The molecule has 11 rings (SSSR count). The minimum absolute atomic E-state index is 0.438. The molecule has 0 atom stereocenters. The van der Waals surface area contributed by atoms with E-state index in [9.17, 15) is 0 Å². The molecule has 0 aliphatic rings. The van der Waals surface area contributed by atoms with Gasteiger partial charge in [0.15, 0.2) is 17.5 Å². The summed E-state index contributed by atoms with van der Waals surface area (Å²) in [5, 5.41) is 2.13. The number of benzene rings is 6. The van der Waals surface area contributed by atoms with Crippen molar-refractivity contribution >= 4 is 32.8 Å². The summed E-state index contributed by atoms with van der Waals surface area (Å²) in [7, 11) is 0. The van der Waals surface area contributed by atoms with Crippen LogP contribution in [0.2, 0.25) is 0 Å². The summed E-state index contributed by atoms with van der Waals surface area (Å²) in [6.45, 7) is 0. The van der Waals surface area contributed by atoms with Crippen LogP contribution in [-0.4, -0.2) is 44.0 Å². The highest BCUT2D eigenvalue weighted by Gasteiger charge is 2.19. The van der Waals surface area contributed by atoms with Gasteiger partial charge in [-0.3, -0.25) is 19.1 Å². The maximum Gasteiger partial charge on any atom is 0.182 e. The Morgan fingerprint density at radius 2 is 0.810 bits per heavy atom. The number of rotatable bonds is 7. The standard InChI is InChI=1S/C49H31N9/c1-3-16-35(17-4-1)57-43-24-11-9-22-39(43)52-48(57)33-26-28-41(50-30-33)46-54-45(38-21-13-15-32-14-7-8-20-37(32)38)55-47(56-46)42-29-27-34(31-51-42)49-53-40-23-10-12-25-44(40)58(49)36-18-5-2-6-19-36/h1-31H. The van der Waals surface area contributed by atoms with Crippen molar-refractivity contribution < 1.29 is 0 Å². The van der Waals surface area contributed by atoms with Crippen LogP contribution in [0.15, 0.2) is 188 Å². The fourth-order valence-electron chi connectivity index (χ4n) is 7.58. The smallest absolute Gasteiger partial charge is 0.182 e. The minimum atomic E-state index is 0.438. The number of imidazole rings is 2. The number of fused-ring (bicyclic) bond motifs is 3. The molecule has 6 aromatic carbocycles. The van der Waals surface area contributed by atoms with Gasteiger partial charge in [0.05, 0.1) is 22.1 Å². The second-order valence-electron chi connectivity index (χ2n) is 13.9. The van der Waals surface area contributed by atoms with Crippen molar-refractivity contribution in [3.8, 4) is 68.6 Å². The normalized spacial score (nSPS) is 11.4. The molecule has 11 aromatic rings. The molecule has 0 bridgehead atoms. The molecule has 0 aliphatic carbocycles. The van der Waals surface area contributed by atoms with Gasteiger partial charge in [0.25, 0.3) is 0 Å². The Balaban J connectivity index is 1.03. The Kier molecular flexibility index (Phi) is 7.92. The topological polar surface area (TPSA) is 100 Å². The van der Waals surface area contributed by atoms with Gasteiger partial charge in [0.1, 0.15) is 23.0 Å². The lowest BCUT2D eigenvalue weighted by molar-refractivity contribution is 1.04. The zero-order chi connectivity index (χ0) is 38.4. The average Bonchev–Trinajstić information content (AvgIpc) is 3.89. The SMILES string of the molecule is c1ccc(-n2c(-c3ccc(-c4nc(-c5ccc(-c6nc7ccccc7n6-c6ccccc6)cn5)nc(-c5cccc6ccccc56)n4)nc3)nc3ccccc32)cc1. The zero-order valence-corrected chi connectivity index (χ0v) is 30.9. The molecular weight excluding hydrogens is 715 g/mol. The molecule has 58 heavy (non-hydrogen) atoms. The molecule has 9 nitrogen and oxygen atoms in total. The zero-order valence-electron chi connectivity index (χ0n) is 30.9. The van der Waals surface area contributed by atoms with E-state index in [4.69, 9.17) is 34.9 Å². The average molecular weight is 746 g/mol. The van der Waals surface area contributed by atoms with Crippen LogP contribution in [-0.2, 0) is 0 Å². The number of pyridine rings is 2. The van der Waals surface area contributed by atoms with Gasteiger partial charge in [-0.25, -0.2) is 24.9 Å². The molecule has 0 saturated heterocycles. The Morgan fingerprint density at radius 3 is 1.34 bits per heavy atom. The van der Waals surface area contributed by atoms with E-state index in [1.165, 1.54) is 0 Å². The van der Waals surface area contributed by atoms with Crippen LogP contribution in [0.5, 0.6) is 0 Å². The summed E-state index contributed by atoms with van der Waals surface area (Å²) < 4.78 is 4.33. The van der Waals surface area contributed by atoms with Gasteiger partial charge in [0, 0.05) is 40.5 Å². The third-order valence-electron chi connectivity index (χ3n) is 10.3. The van der Waals surface area contributed by atoms with E-state index in [2.05, 4.69) is 63.7 Å². The molecule has 9 heteroatoms. The lowest BCUT2D eigenvalue weighted by atomic mass is 10.0. The fraction of sp³-hybridized carbons (Fsp3) is 0. The maximum atomic E-state index is 5.04. The van der Waals surface area contributed by atoms with Crippen LogP contribution in [0.4, 0.5) is 0 Å². The van der Waals surface area contributed by atoms with Crippen molar-refractivity contribution in [2.75, 3.05) is 0 Å². The Morgan fingerprint density at radius 1 is 0.345 bits per heavy atom. The minimum Gasteiger partial charge on any atom is -0.292 e. The summed E-state index contributed by atoms with van der Waals surface area (Å²) in [4.78, 5) is 35.0. The third kappa shape index (κ3) is 5.77. The first kappa shape index (κ1) is 33.2. The molecule has 0 saturated carbocycles. The first-order chi connectivity index (χ1) is 28.7. The Bertz CT molecular complexity index is 3080. The van der Waals surface area contributed by atoms with Gasteiger partial charge in [0.2, 0.25) is 0 Å². The number of hydrogen-bond donors (Lipinski definition) is 0. The predicted octanol–water partition coefficient (Wildman–Crippen LogP) is 10.8. The van der Waals surface area contributed by atoms with E-state index in [0.29, 0.717) is 28.9 Å². The lowest BCUT2D eigenvalue weighted by Crippen LogP contribution is -2.03. The molecule has 5 heterocycles. The van der Waals surface area contributed by atoms with Crippen LogP contribution in [0, 0.1) is 0 Å². The van der Waals surface area contributed by atoms with Crippen LogP contribution >= 0.6 is 0 Å². The number of nitrogens with zero attached hydrogens (tertiary/aromatic N) is 9. The van der Waals surface area contributed by atoms with E-state index in [1.54, 1.807) is 0 Å². The van der Waals surface area contributed by atoms with Crippen molar-refractivity contribution in [3.63, 3.8) is 0 Å². The molecule has 0 radical (unpaired) electrons. The highest BCUT2D eigenvalue weighted by Crippen LogP contribution is 2.33. The highest BCUT2D eigenvalue weighted by atomic mass is 15.1. The van der Waals surface area contributed by atoms with Crippen molar-refractivity contribution in [1.29, 1.82) is 0 Å². The molecule has 0 fully saturated rings. The lowest BCUT2D eigenvalue weighted by Gasteiger charge is -2.11. The first-order valence-corrected chi connectivity index (χ1v) is 19.0. The molecule has 0 aliphatic heterocycles. The molecule has 0 spiro atoms. The fourth-order valence-corrected chi connectivity index (χ4v) is 7.58. The number of aromatic nitrogens is 9. The Labute approximate surface area is 332 Å². The monoisotopic (exact) mass is 745 g/mol. The van der Waals surface area contributed by atoms with E-state index in [1.807, 2.05) is 134 Å². The predicted molar refractivity (Wildman–Crippen MR) is 229 cm³/mol. The van der Waals surface area contributed by atoms with Crippen LogP contribution in [0.25, 0.3) is 101 Å². The molecular formula is C49H31N9. The van der Waals surface area contributed by atoms with Crippen molar-refractivity contribution in [2.45, 2.75) is 0 Å². The van der Waals surface area contributed by atoms with Crippen molar-refractivity contribution in [2.24, 2.45) is 0 Å². The molecule has 0 unspecified atom stereocenters. The molecule has 272 valence electrons. The van der Waals surface area contributed by atoms with Gasteiger partial charge in [-0.1, -0.05) is 103 Å². The summed E-state index contributed by atoms with van der Waals surface area (Å²) in [6, 6.07) is 59.1. The van der Waals surface area contributed by atoms with Gasteiger partial charge < -0.3 is 0 Å². The van der Waals surface area contributed by atoms with Crippen LogP contribution < -0.4 is 0 Å². The van der Waals surface area contributed by atoms with Crippen LogP contribution in [0.3, 0.4) is 0 Å². The highest BCUT2D eigenvalue weighted by molar-refractivity contribution is 5.95. The van der Waals surface area contributed by atoms with Gasteiger partial charge in [-0.2, -0.15) is 0 Å². The summed E-state index contributed by atoms with van der Waals surface area (Å²) >= 11 is 0. The molecule has 5 aromatic heterocycles. The summed E-state index contributed by atoms with van der Waals surface area (Å²) in [5.74, 6) is 3.00. The Hall–Kier alpha value is -8.17. The molecule has 0 amide bonds. The van der Waals surface area contributed by atoms with Gasteiger partial charge in [-0.15, -0.1) is 0 Å². The van der Waals surface area contributed by atoms with Crippen molar-refractivity contribution in [1.82, 2.24) is 44.0 Å². The largest absolute Gasteiger partial charge is 0.292 e. The second kappa shape index (κ2) is 13.8. The van der Waals surface area contributed by atoms with Gasteiger partial charge >= 0.3 is 0 Å². The number of hydrogen-bond acceptors (Lipinski definition) is 7.